The summed E-state index contributed by atoms with van der Waals surface area (Å²) in [5.41, 5.74) is 5.74. The molecule has 0 saturated carbocycles. The average Bonchev–Trinajstić information content (AvgIpc) is 3.04. The first kappa shape index (κ1) is 21.9. The van der Waals surface area contributed by atoms with Gasteiger partial charge in [0.2, 0.25) is 10.0 Å². The van der Waals surface area contributed by atoms with Crippen molar-refractivity contribution in [3.05, 3.63) is 39.8 Å². The number of hydrogen-bond donors (Lipinski definition) is 2. The molecule has 0 radical (unpaired) electrons. The maximum atomic E-state index is 13.2. The highest BCUT2D eigenvalue weighted by Crippen LogP contribution is 2.32. The van der Waals surface area contributed by atoms with Gasteiger partial charge in [0.1, 0.15) is 11.5 Å². The molecule has 2 N–H and O–H groups in total. The molecule has 0 spiro atoms. The van der Waals surface area contributed by atoms with E-state index in [9.17, 15) is 13.2 Å². The number of rotatable bonds is 5. The molecule has 1 aromatic carbocycles. The minimum Gasteiger partial charge on any atom is -0.305 e. The summed E-state index contributed by atoms with van der Waals surface area (Å²) >= 11 is 0. The van der Waals surface area contributed by atoms with Crippen molar-refractivity contribution < 1.29 is 8.42 Å². The molecule has 0 amide bonds. The summed E-state index contributed by atoms with van der Waals surface area (Å²) in [5.74, 6) is 0.398. The Balaban J connectivity index is 1.76. The molecule has 1 saturated heterocycles. The van der Waals surface area contributed by atoms with Crippen molar-refractivity contribution in [3.63, 3.8) is 0 Å². The van der Waals surface area contributed by atoms with Crippen molar-refractivity contribution >= 4 is 15.7 Å². The number of hydrogen-bond acceptors (Lipinski definition) is 7. The molecule has 3 heterocycles. The average molecular weight is 447 g/mol. The smallest absolute Gasteiger partial charge is 0.276 e. The number of nitrogens with zero attached hydrogens (tertiary/aromatic N) is 4. The molecule has 2 aliphatic heterocycles. The van der Waals surface area contributed by atoms with Crippen molar-refractivity contribution in [2.24, 2.45) is 0 Å². The SMILES string of the molecule is CCCC1NN(C)c2c1nc(-c1cc(S(=O)(=O)N3CCN(C)CC3)ccc1C)[nH]c2=O. The molecule has 168 valence electrons. The van der Waals surface area contributed by atoms with E-state index in [4.69, 9.17) is 4.98 Å². The van der Waals surface area contributed by atoms with E-state index in [2.05, 4.69) is 22.2 Å². The first-order valence-electron chi connectivity index (χ1n) is 10.7. The molecule has 9 nitrogen and oxygen atoms in total. The van der Waals surface area contributed by atoms with Gasteiger partial charge in [0.25, 0.3) is 5.56 Å². The molecule has 1 aromatic heterocycles. The van der Waals surface area contributed by atoms with Gasteiger partial charge in [-0.15, -0.1) is 0 Å². The first-order chi connectivity index (χ1) is 14.7. The highest BCUT2D eigenvalue weighted by molar-refractivity contribution is 7.89. The third kappa shape index (κ3) is 4.00. The summed E-state index contributed by atoms with van der Waals surface area (Å²) in [4.78, 5) is 22.8. The van der Waals surface area contributed by atoms with E-state index in [0.717, 1.165) is 18.4 Å². The zero-order chi connectivity index (χ0) is 22.3. The van der Waals surface area contributed by atoms with Gasteiger partial charge in [0.15, 0.2) is 0 Å². The normalized spacial score (nSPS) is 20.3. The Morgan fingerprint density at radius 2 is 1.87 bits per heavy atom. The Labute approximate surface area is 183 Å². The van der Waals surface area contributed by atoms with Crippen molar-refractivity contribution in [3.8, 4) is 11.4 Å². The predicted molar refractivity (Wildman–Crippen MR) is 120 cm³/mol. The Morgan fingerprint density at radius 3 is 2.55 bits per heavy atom. The van der Waals surface area contributed by atoms with Crippen LogP contribution >= 0.6 is 0 Å². The lowest BCUT2D eigenvalue weighted by atomic mass is 10.1. The van der Waals surface area contributed by atoms with Crippen molar-refractivity contribution in [2.75, 3.05) is 45.3 Å². The van der Waals surface area contributed by atoms with Gasteiger partial charge in [-0.3, -0.25) is 4.79 Å². The lowest BCUT2D eigenvalue weighted by Crippen LogP contribution is -2.47. The third-order valence-corrected chi connectivity index (χ3v) is 7.97. The maximum Gasteiger partial charge on any atom is 0.276 e. The van der Waals surface area contributed by atoms with Gasteiger partial charge in [-0.25, -0.2) is 18.8 Å². The van der Waals surface area contributed by atoms with Gasteiger partial charge in [0.05, 0.1) is 16.6 Å². The van der Waals surface area contributed by atoms with E-state index in [1.807, 2.05) is 14.0 Å². The van der Waals surface area contributed by atoms with E-state index in [1.54, 1.807) is 30.3 Å². The highest BCUT2D eigenvalue weighted by atomic mass is 32.2. The number of aryl methyl sites for hydroxylation is 1. The quantitative estimate of drug-likeness (QED) is 0.717. The second-order valence-electron chi connectivity index (χ2n) is 8.36. The van der Waals surface area contributed by atoms with E-state index < -0.39 is 10.0 Å². The maximum absolute atomic E-state index is 13.2. The molecule has 2 aromatic rings. The summed E-state index contributed by atoms with van der Waals surface area (Å²) in [6, 6.07) is 5.00. The van der Waals surface area contributed by atoms with E-state index in [0.29, 0.717) is 48.9 Å². The van der Waals surface area contributed by atoms with Crippen LogP contribution in [-0.4, -0.2) is 67.9 Å². The van der Waals surface area contributed by atoms with Gasteiger partial charge in [-0.1, -0.05) is 19.4 Å². The number of nitrogens with one attached hydrogen (secondary N) is 2. The summed E-state index contributed by atoms with van der Waals surface area (Å²) in [5, 5.41) is 1.71. The van der Waals surface area contributed by atoms with Gasteiger partial charge in [-0.05, 0) is 38.1 Å². The van der Waals surface area contributed by atoms with Crippen molar-refractivity contribution in [1.82, 2.24) is 24.6 Å². The Morgan fingerprint density at radius 1 is 1.16 bits per heavy atom. The van der Waals surface area contributed by atoms with E-state index >= 15 is 0 Å². The molecule has 4 rings (SSSR count). The molecule has 1 atom stereocenters. The van der Waals surface area contributed by atoms with Crippen LogP contribution in [0.1, 0.15) is 37.1 Å². The van der Waals surface area contributed by atoms with Crippen LogP contribution in [-0.2, 0) is 10.0 Å². The van der Waals surface area contributed by atoms with Crippen LogP contribution in [0.2, 0.25) is 0 Å². The number of likely N-dealkylation sites (N-methyl/N-ethyl adjacent to an activating group) is 1. The summed E-state index contributed by atoms with van der Waals surface area (Å²) in [6.07, 6.45) is 1.80. The second-order valence-corrected chi connectivity index (χ2v) is 10.3. The van der Waals surface area contributed by atoms with Gasteiger partial charge in [-0.2, -0.15) is 4.31 Å². The Hall–Kier alpha value is -2.27. The van der Waals surface area contributed by atoms with Crippen LogP contribution in [0.15, 0.2) is 27.9 Å². The molecular formula is C21H30N6O3S. The fourth-order valence-corrected chi connectivity index (χ4v) is 5.67. The molecule has 0 bridgehead atoms. The molecule has 2 aliphatic rings. The zero-order valence-corrected chi connectivity index (χ0v) is 19.3. The molecule has 1 unspecified atom stereocenters. The molecular weight excluding hydrogens is 416 g/mol. The minimum atomic E-state index is -3.62. The van der Waals surface area contributed by atoms with E-state index in [1.165, 1.54) is 4.31 Å². The van der Waals surface area contributed by atoms with Crippen molar-refractivity contribution in [1.29, 1.82) is 0 Å². The number of aromatic amines is 1. The van der Waals surface area contributed by atoms with E-state index in [-0.39, 0.29) is 16.5 Å². The highest BCUT2D eigenvalue weighted by Gasteiger charge is 2.31. The fourth-order valence-electron chi connectivity index (χ4n) is 4.22. The number of fused-ring (bicyclic) bond motifs is 1. The summed E-state index contributed by atoms with van der Waals surface area (Å²) in [7, 11) is 0.177. The van der Waals surface area contributed by atoms with Gasteiger partial charge < -0.3 is 14.9 Å². The van der Waals surface area contributed by atoms with Crippen LogP contribution in [0.25, 0.3) is 11.4 Å². The van der Waals surface area contributed by atoms with Crippen LogP contribution in [0.4, 0.5) is 5.69 Å². The largest absolute Gasteiger partial charge is 0.305 e. The zero-order valence-electron chi connectivity index (χ0n) is 18.5. The Bertz CT molecular complexity index is 1140. The number of hydrazine groups is 1. The van der Waals surface area contributed by atoms with Crippen LogP contribution < -0.4 is 16.0 Å². The van der Waals surface area contributed by atoms with Gasteiger partial charge >= 0.3 is 0 Å². The third-order valence-electron chi connectivity index (χ3n) is 6.08. The number of benzene rings is 1. The molecule has 0 aliphatic carbocycles. The first-order valence-corrected chi connectivity index (χ1v) is 12.1. The van der Waals surface area contributed by atoms with Crippen LogP contribution in [0, 0.1) is 6.92 Å². The van der Waals surface area contributed by atoms with Gasteiger partial charge in [0, 0.05) is 38.8 Å². The number of H-pyrrole nitrogens is 1. The van der Waals surface area contributed by atoms with Crippen LogP contribution in [0.5, 0.6) is 0 Å². The molecule has 1 fully saturated rings. The standard InChI is InChI=1S/C21H30N6O3S/c1-5-6-17-18-19(26(4)24-17)21(28)23-20(22-18)16-13-15(8-7-14(16)2)31(29,30)27-11-9-25(3)10-12-27/h7-8,13,17,24H,5-6,9-12H2,1-4H3,(H,22,23,28). The topological polar surface area (TPSA) is 102 Å². The van der Waals surface area contributed by atoms with Crippen molar-refractivity contribution in [2.45, 2.75) is 37.6 Å². The lowest BCUT2D eigenvalue weighted by Gasteiger charge is -2.31. The minimum absolute atomic E-state index is 0.0383. The monoisotopic (exact) mass is 446 g/mol. The number of aromatic nitrogens is 2. The predicted octanol–water partition coefficient (Wildman–Crippen LogP) is 1.48. The number of piperazine rings is 1. The molecule has 31 heavy (non-hydrogen) atoms. The fraction of sp³-hybridized carbons (Fsp3) is 0.524. The summed E-state index contributed by atoms with van der Waals surface area (Å²) in [6.45, 7) is 6.32. The Kier molecular flexibility index (Phi) is 5.91. The molecule has 10 heteroatoms. The summed E-state index contributed by atoms with van der Waals surface area (Å²) < 4.78 is 28.0. The lowest BCUT2D eigenvalue weighted by molar-refractivity contribution is 0.222. The number of anilines is 1. The number of sulfonamides is 1. The second kappa shape index (κ2) is 8.34. The van der Waals surface area contributed by atoms with Crippen LogP contribution in [0.3, 0.4) is 0 Å².